The van der Waals surface area contributed by atoms with Crippen LogP contribution in [0.25, 0.3) is 11.1 Å². The van der Waals surface area contributed by atoms with E-state index in [9.17, 15) is 8.78 Å². The minimum absolute atomic E-state index is 0.240. The van der Waals surface area contributed by atoms with Crippen molar-refractivity contribution in [1.29, 1.82) is 0 Å². The largest absolute Gasteiger partial charge is 0.207 e. The van der Waals surface area contributed by atoms with E-state index in [0.29, 0.717) is 22.6 Å². The summed E-state index contributed by atoms with van der Waals surface area (Å²) in [6.45, 7) is 1.72. The maximum absolute atomic E-state index is 14.5. The molecule has 1 aliphatic rings. The quantitative estimate of drug-likeness (QED) is 0.695. The van der Waals surface area contributed by atoms with Gasteiger partial charge in [-0.3, -0.25) is 0 Å². The maximum atomic E-state index is 14.5. The molecule has 2 aromatic carbocycles. The number of benzene rings is 2. The Labute approximate surface area is 140 Å². The van der Waals surface area contributed by atoms with Gasteiger partial charge in [0.05, 0.1) is 0 Å². The predicted molar refractivity (Wildman–Crippen MR) is 96.0 cm³/mol. The first kappa shape index (κ1) is 16.4. The first-order valence-corrected chi connectivity index (χ1v) is 10.1. The van der Waals surface area contributed by atoms with Gasteiger partial charge < -0.3 is 0 Å². The smallest absolute Gasteiger partial charge is 0.131 e. The van der Waals surface area contributed by atoms with E-state index in [2.05, 4.69) is 0 Å². The lowest BCUT2D eigenvalue weighted by atomic mass is 9.79. The van der Waals surface area contributed by atoms with Gasteiger partial charge >= 0.3 is 0 Å². The summed E-state index contributed by atoms with van der Waals surface area (Å²) in [5, 5.41) is 0. The van der Waals surface area contributed by atoms with E-state index < -0.39 is 0 Å². The third-order valence-electron chi connectivity index (χ3n) is 5.37. The van der Waals surface area contributed by atoms with Gasteiger partial charge in [-0.25, -0.2) is 8.78 Å². The van der Waals surface area contributed by atoms with Crippen molar-refractivity contribution in [2.45, 2.75) is 44.6 Å². The van der Waals surface area contributed by atoms with Crippen LogP contribution in [-0.4, -0.2) is 10.2 Å². The molecule has 23 heavy (non-hydrogen) atoms. The number of halogens is 2. The fraction of sp³-hybridized carbons (Fsp3) is 0.400. The molecule has 0 atom stereocenters. The van der Waals surface area contributed by atoms with Crippen molar-refractivity contribution >= 4 is 10.2 Å². The lowest BCUT2D eigenvalue weighted by molar-refractivity contribution is 0.347. The van der Waals surface area contributed by atoms with E-state index in [0.717, 1.165) is 11.5 Å². The second-order valence-corrected chi connectivity index (χ2v) is 7.65. The van der Waals surface area contributed by atoms with Crippen molar-refractivity contribution in [3.8, 4) is 11.1 Å². The minimum Gasteiger partial charge on any atom is -0.207 e. The summed E-state index contributed by atoms with van der Waals surface area (Å²) in [4.78, 5) is 0. The highest BCUT2D eigenvalue weighted by Gasteiger charge is 2.22. The van der Waals surface area contributed by atoms with Crippen molar-refractivity contribution in [3.63, 3.8) is 0 Å². The molecule has 0 spiro atoms. The minimum atomic E-state index is -0.285. The van der Waals surface area contributed by atoms with E-state index in [1.807, 2.05) is 12.1 Å². The Bertz CT molecular complexity index is 688. The molecule has 3 heteroatoms. The highest BCUT2D eigenvalue weighted by Crippen LogP contribution is 2.38. The van der Waals surface area contributed by atoms with Gasteiger partial charge in [0.2, 0.25) is 0 Å². The van der Waals surface area contributed by atoms with Crippen LogP contribution in [0.15, 0.2) is 36.4 Å². The van der Waals surface area contributed by atoms with Gasteiger partial charge in [0, 0.05) is 15.8 Å². The molecular weight excluding hydrogens is 306 g/mol. The van der Waals surface area contributed by atoms with Crippen LogP contribution in [-0.2, 0) is 0 Å². The normalized spacial score (nSPS) is 21.5. The number of rotatable bonds is 3. The van der Waals surface area contributed by atoms with E-state index >= 15 is 0 Å². The number of hydrogen-bond acceptors (Lipinski definition) is 0. The molecule has 1 fully saturated rings. The van der Waals surface area contributed by atoms with Crippen LogP contribution < -0.4 is 0 Å². The average molecular weight is 330 g/mol. The van der Waals surface area contributed by atoms with Crippen LogP contribution >= 0.6 is 0 Å². The monoisotopic (exact) mass is 330 g/mol. The third kappa shape index (κ3) is 3.55. The summed E-state index contributed by atoms with van der Waals surface area (Å²) in [5.74, 6) is 0.860. The van der Waals surface area contributed by atoms with Crippen molar-refractivity contribution in [2.24, 2.45) is 5.92 Å². The summed E-state index contributed by atoms with van der Waals surface area (Å²) in [6, 6.07) is 11.8. The molecule has 0 bridgehead atoms. The van der Waals surface area contributed by atoms with Gasteiger partial charge in [0.25, 0.3) is 0 Å². The Morgan fingerprint density at radius 3 is 2.30 bits per heavy atom. The van der Waals surface area contributed by atoms with Crippen LogP contribution in [0.2, 0.25) is 6.04 Å². The van der Waals surface area contributed by atoms with E-state index in [4.69, 9.17) is 0 Å². The second-order valence-electron chi connectivity index (χ2n) is 6.83. The highest BCUT2D eigenvalue weighted by atomic mass is 28.1. The summed E-state index contributed by atoms with van der Waals surface area (Å²) in [5.41, 5.74) is 2.78. The molecule has 0 nitrogen and oxygen atoms in total. The topological polar surface area (TPSA) is 0 Å². The summed E-state index contributed by atoms with van der Waals surface area (Å²) >= 11 is 0. The van der Waals surface area contributed by atoms with Crippen molar-refractivity contribution in [2.75, 3.05) is 0 Å². The predicted octanol–water partition coefficient (Wildman–Crippen LogP) is 5.00. The van der Waals surface area contributed by atoms with Gasteiger partial charge in [-0.15, -0.1) is 0 Å². The Kier molecular flexibility index (Phi) is 4.95. The molecule has 2 aromatic rings. The van der Waals surface area contributed by atoms with Crippen molar-refractivity contribution in [1.82, 2.24) is 0 Å². The molecule has 0 radical (unpaired) electrons. The maximum Gasteiger partial charge on any atom is 0.131 e. The molecule has 0 heterocycles. The molecule has 0 N–H and O–H groups in total. The Morgan fingerprint density at radius 2 is 1.70 bits per heavy atom. The van der Waals surface area contributed by atoms with Crippen molar-refractivity contribution < 1.29 is 8.78 Å². The molecule has 0 aliphatic heterocycles. The molecule has 0 aromatic heterocycles. The Morgan fingerprint density at radius 1 is 0.957 bits per heavy atom. The van der Waals surface area contributed by atoms with Gasteiger partial charge in [-0.2, -0.15) is 0 Å². The molecule has 1 saturated carbocycles. The van der Waals surface area contributed by atoms with Crippen LogP contribution in [0.4, 0.5) is 8.78 Å². The fourth-order valence-electron chi connectivity index (χ4n) is 3.68. The van der Waals surface area contributed by atoms with Gasteiger partial charge in [0.1, 0.15) is 11.6 Å². The molecule has 0 unspecified atom stereocenters. The van der Waals surface area contributed by atoms with Gasteiger partial charge in [-0.1, -0.05) is 43.2 Å². The van der Waals surface area contributed by atoms with Crippen LogP contribution in [0, 0.1) is 24.5 Å². The second kappa shape index (κ2) is 6.96. The zero-order valence-electron chi connectivity index (χ0n) is 13.9. The standard InChI is InChI=1S/C20H24F2Si/c1-13-2-5-17(11-19(13)21)18-9-8-16(10-20(18)22)15-6-3-14(12-23)4-7-15/h2,5,8-11,14-15H,3-4,6-7,12H2,1,23H3. The van der Waals surface area contributed by atoms with E-state index in [-0.39, 0.29) is 11.6 Å². The van der Waals surface area contributed by atoms with Crippen LogP contribution in [0.1, 0.15) is 42.7 Å². The summed E-state index contributed by atoms with van der Waals surface area (Å²) in [6.07, 6.45) is 4.90. The fourth-order valence-corrected chi connectivity index (χ4v) is 4.50. The molecule has 0 saturated heterocycles. The summed E-state index contributed by atoms with van der Waals surface area (Å²) < 4.78 is 28.3. The number of hydrogen-bond donors (Lipinski definition) is 0. The Hall–Kier alpha value is -1.48. The SMILES string of the molecule is Cc1ccc(-c2ccc(C3CCC(C[SiH3])CC3)cc2F)cc1F. The average Bonchev–Trinajstić information content (AvgIpc) is 2.57. The van der Waals surface area contributed by atoms with Crippen LogP contribution in [0.3, 0.4) is 0 Å². The van der Waals surface area contributed by atoms with E-state index in [1.54, 1.807) is 25.1 Å². The highest BCUT2D eigenvalue weighted by molar-refractivity contribution is 6.08. The lowest BCUT2D eigenvalue weighted by Gasteiger charge is -2.28. The number of aryl methyl sites for hydroxylation is 1. The molecule has 0 amide bonds. The zero-order valence-corrected chi connectivity index (χ0v) is 15.9. The summed E-state index contributed by atoms with van der Waals surface area (Å²) in [7, 11) is 1.28. The zero-order chi connectivity index (χ0) is 16.4. The third-order valence-corrected chi connectivity index (χ3v) is 6.53. The van der Waals surface area contributed by atoms with Crippen molar-refractivity contribution in [3.05, 3.63) is 59.2 Å². The first-order valence-electron chi connectivity index (χ1n) is 8.64. The van der Waals surface area contributed by atoms with Gasteiger partial charge in [-0.05, 0) is 60.4 Å². The first-order chi connectivity index (χ1) is 11.1. The molecule has 1 aliphatic carbocycles. The van der Waals surface area contributed by atoms with Gasteiger partial charge in [0.15, 0.2) is 0 Å². The van der Waals surface area contributed by atoms with E-state index in [1.165, 1.54) is 48.0 Å². The van der Waals surface area contributed by atoms with Crippen LogP contribution in [0.5, 0.6) is 0 Å². The molecule has 122 valence electrons. The Balaban J connectivity index is 1.82. The molecule has 3 rings (SSSR count). The lowest BCUT2D eigenvalue weighted by Crippen LogP contribution is -2.13. The molecular formula is C20H24F2Si.